The maximum Gasteiger partial charge on any atom is 0.459 e. The Bertz CT molecular complexity index is 1940. The van der Waals surface area contributed by atoms with Crippen molar-refractivity contribution in [1.82, 2.24) is 29.5 Å². The van der Waals surface area contributed by atoms with E-state index in [0.717, 1.165) is 33.3 Å². The molecular formula is C36H47N8O10P. The van der Waals surface area contributed by atoms with E-state index in [2.05, 4.69) is 43.1 Å². The zero-order valence-corrected chi connectivity index (χ0v) is 32.8. The molecule has 0 aliphatic carbocycles. The molecule has 0 bridgehead atoms. The van der Waals surface area contributed by atoms with Crippen LogP contribution in [0.15, 0.2) is 53.8 Å². The summed E-state index contributed by atoms with van der Waals surface area (Å²) in [4.78, 5) is 52.2. The normalized spacial score (nSPS) is 23.4. The van der Waals surface area contributed by atoms with E-state index in [1.54, 1.807) is 64.4 Å². The van der Waals surface area contributed by atoms with Crippen molar-refractivity contribution in [2.75, 3.05) is 46.9 Å². The van der Waals surface area contributed by atoms with Crippen LogP contribution in [0.1, 0.15) is 46.4 Å². The number of para-hydroxylation sites is 1. The monoisotopic (exact) mass is 782 g/mol. The number of carbonyl (C=O) groups excluding carboxylic acids is 3. The first-order valence-electron chi connectivity index (χ1n) is 17.8. The lowest BCUT2D eigenvalue weighted by atomic mass is 9.95. The Hall–Kier alpha value is -4.92. The fourth-order valence-electron chi connectivity index (χ4n) is 5.76. The predicted octanol–water partition coefficient (Wildman–Crippen LogP) is 3.46. The Morgan fingerprint density at radius 3 is 2.35 bits per heavy atom. The van der Waals surface area contributed by atoms with E-state index in [-0.39, 0.29) is 5.75 Å². The summed E-state index contributed by atoms with van der Waals surface area (Å²) < 4.78 is 50.7. The van der Waals surface area contributed by atoms with Crippen LogP contribution in [0.5, 0.6) is 5.75 Å². The summed E-state index contributed by atoms with van der Waals surface area (Å²) >= 11 is 0. The van der Waals surface area contributed by atoms with Gasteiger partial charge in [0.25, 0.3) is 0 Å². The van der Waals surface area contributed by atoms with Gasteiger partial charge in [-0.05, 0) is 38.2 Å². The van der Waals surface area contributed by atoms with Gasteiger partial charge in [0, 0.05) is 26.2 Å². The third-order valence-corrected chi connectivity index (χ3v) is 10.6. The molecule has 1 aromatic carbocycles. The number of ether oxygens (including phenoxy) is 4. The molecule has 0 saturated carbocycles. The van der Waals surface area contributed by atoms with E-state index in [0.29, 0.717) is 17.0 Å². The van der Waals surface area contributed by atoms with Gasteiger partial charge in [-0.25, -0.2) is 19.1 Å². The van der Waals surface area contributed by atoms with Crippen LogP contribution in [-0.4, -0.2) is 119 Å². The summed E-state index contributed by atoms with van der Waals surface area (Å²) in [5.74, 6) is -3.01. The van der Waals surface area contributed by atoms with Gasteiger partial charge in [0.1, 0.15) is 42.4 Å². The van der Waals surface area contributed by atoms with Gasteiger partial charge in [-0.1, -0.05) is 45.9 Å². The standard InChI is InChI=1S/C36H47N8O10P/c1-23(2)33(45)51-30-29(27-13-14-28-32(38-21-40-44(27)28)39-22-43-17-15-42(6)16-18-43)53-36(19-37,31(30)52-34(46)24(3)4)20-50-55(48,41-25(5)35(47)49-7)54-26-11-9-8-10-12-26/h8-14,21-25,29-31H,15-18,20H2,1-7H3,(H,41,48)/t25-,29-,30-,31-,36+,55?/m0/s1. The topological polar surface area (TPSA) is 209 Å². The maximum absolute atomic E-state index is 14.4. The molecule has 2 aliphatic heterocycles. The third-order valence-electron chi connectivity index (χ3n) is 8.98. The molecule has 3 aromatic rings. The number of methoxy groups -OCH3 is 1. The second-order valence-electron chi connectivity index (χ2n) is 13.9. The van der Waals surface area contributed by atoms with Gasteiger partial charge in [0.15, 0.2) is 18.0 Å². The summed E-state index contributed by atoms with van der Waals surface area (Å²) in [6.45, 7) is 10.3. The van der Waals surface area contributed by atoms with Crippen LogP contribution < -0.4 is 9.61 Å². The van der Waals surface area contributed by atoms with Crippen molar-refractivity contribution in [3.63, 3.8) is 0 Å². The molecule has 0 spiro atoms. The first-order chi connectivity index (χ1) is 26.2. The number of benzene rings is 1. The van der Waals surface area contributed by atoms with E-state index in [1.807, 2.05) is 0 Å². The number of hydrogen-bond acceptors (Lipinski definition) is 15. The molecule has 5 rings (SSSR count). The largest absolute Gasteiger partial charge is 0.468 e. The van der Waals surface area contributed by atoms with Gasteiger partial charge in [0.05, 0.1) is 31.0 Å². The number of nitriles is 1. The summed E-state index contributed by atoms with van der Waals surface area (Å²) in [5, 5.41) is 17.9. The van der Waals surface area contributed by atoms with Crippen LogP contribution in [0.25, 0.3) is 5.52 Å². The van der Waals surface area contributed by atoms with E-state index >= 15 is 0 Å². The van der Waals surface area contributed by atoms with Crippen molar-refractivity contribution in [1.29, 1.82) is 5.26 Å². The van der Waals surface area contributed by atoms with Crippen molar-refractivity contribution >= 4 is 43.3 Å². The average Bonchev–Trinajstić information content (AvgIpc) is 3.73. The van der Waals surface area contributed by atoms with E-state index in [9.17, 15) is 24.2 Å². The Kier molecular flexibility index (Phi) is 13.3. The zero-order chi connectivity index (χ0) is 39.9. The van der Waals surface area contributed by atoms with Crippen LogP contribution >= 0.6 is 7.75 Å². The van der Waals surface area contributed by atoms with E-state index in [1.165, 1.54) is 29.9 Å². The predicted molar refractivity (Wildman–Crippen MR) is 197 cm³/mol. The molecule has 1 N–H and O–H groups in total. The molecule has 0 radical (unpaired) electrons. The molecule has 2 aromatic heterocycles. The number of fused-ring (bicyclic) bond motifs is 1. The fourth-order valence-corrected chi connectivity index (χ4v) is 7.28. The number of nitrogens with one attached hydrogen (secondary N) is 1. The Balaban J connectivity index is 1.56. The van der Waals surface area contributed by atoms with Crippen molar-refractivity contribution in [3.8, 4) is 11.8 Å². The lowest BCUT2D eigenvalue weighted by Crippen LogP contribution is -2.50. The minimum Gasteiger partial charge on any atom is -0.468 e. The van der Waals surface area contributed by atoms with Gasteiger partial charge in [-0.2, -0.15) is 15.4 Å². The van der Waals surface area contributed by atoms with Crippen molar-refractivity contribution in [3.05, 3.63) is 54.5 Å². The van der Waals surface area contributed by atoms with E-state index in [4.69, 9.17) is 28.0 Å². The lowest BCUT2D eigenvalue weighted by Gasteiger charge is -2.31. The van der Waals surface area contributed by atoms with Gasteiger partial charge in [0.2, 0.25) is 5.60 Å². The highest BCUT2D eigenvalue weighted by atomic mass is 31.2. The number of likely N-dealkylation sites (N-methyl/N-ethyl adjacent to an activating group) is 1. The number of carbonyl (C=O) groups is 3. The number of nitrogens with zero attached hydrogens (tertiary/aromatic N) is 7. The molecule has 19 heteroatoms. The molecule has 2 saturated heterocycles. The average molecular weight is 783 g/mol. The van der Waals surface area contributed by atoms with E-state index < -0.39 is 74.1 Å². The lowest BCUT2D eigenvalue weighted by molar-refractivity contribution is -0.173. The van der Waals surface area contributed by atoms with Crippen LogP contribution in [0.3, 0.4) is 0 Å². The first kappa shape index (κ1) is 41.2. The highest BCUT2D eigenvalue weighted by molar-refractivity contribution is 7.52. The van der Waals surface area contributed by atoms with Crippen LogP contribution in [0, 0.1) is 23.2 Å². The molecular weight excluding hydrogens is 735 g/mol. The first-order valence-corrected chi connectivity index (χ1v) is 19.4. The summed E-state index contributed by atoms with van der Waals surface area (Å²) in [7, 11) is -1.32. The van der Waals surface area contributed by atoms with Gasteiger partial charge >= 0.3 is 25.7 Å². The summed E-state index contributed by atoms with van der Waals surface area (Å²) in [6, 6.07) is 12.2. The van der Waals surface area contributed by atoms with Gasteiger partial charge in [-0.3, -0.25) is 18.9 Å². The highest BCUT2D eigenvalue weighted by Gasteiger charge is 2.62. The van der Waals surface area contributed by atoms with Gasteiger partial charge < -0.3 is 33.3 Å². The molecule has 55 heavy (non-hydrogen) atoms. The number of aromatic nitrogens is 3. The maximum atomic E-state index is 14.4. The summed E-state index contributed by atoms with van der Waals surface area (Å²) in [6.07, 6.45) is -1.31. The molecule has 1 unspecified atom stereocenters. The minimum atomic E-state index is -4.54. The molecule has 6 atom stereocenters. The van der Waals surface area contributed by atoms with Crippen LogP contribution in [-0.2, 0) is 42.4 Å². The number of rotatable bonds is 15. The van der Waals surface area contributed by atoms with Crippen molar-refractivity contribution < 1.29 is 46.9 Å². The molecule has 4 heterocycles. The third kappa shape index (κ3) is 9.67. The Morgan fingerprint density at radius 1 is 1.04 bits per heavy atom. The van der Waals surface area contributed by atoms with Crippen molar-refractivity contribution in [2.24, 2.45) is 16.8 Å². The number of piperazine rings is 1. The van der Waals surface area contributed by atoms with Crippen LogP contribution in [0.4, 0.5) is 5.82 Å². The molecule has 0 amide bonds. The number of esters is 3. The quantitative estimate of drug-likeness (QED) is 0.0770. The Labute approximate surface area is 319 Å². The van der Waals surface area contributed by atoms with Crippen molar-refractivity contribution in [2.45, 2.75) is 64.6 Å². The fraction of sp³-hybridized carbons (Fsp3) is 0.528. The second-order valence-corrected chi connectivity index (χ2v) is 15.6. The molecule has 2 aliphatic rings. The number of aliphatic imine (C=N–C) groups is 1. The second kappa shape index (κ2) is 17.7. The molecule has 18 nitrogen and oxygen atoms in total. The minimum absolute atomic E-state index is 0.114. The Morgan fingerprint density at radius 2 is 1.71 bits per heavy atom. The van der Waals surface area contributed by atoms with Crippen LogP contribution in [0.2, 0.25) is 0 Å². The molecule has 296 valence electrons. The van der Waals surface area contributed by atoms with Gasteiger partial charge in [-0.15, -0.1) is 0 Å². The SMILES string of the molecule is COC(=O)[C@H](C)NP(=O)(OC[C@@]1(C#N)O[C@@H](c2ccc3c(N=CN4CCN(C)CC4)ncnn23)[C@H](OC(=O)C(C)C)[C@@H]1OC(=O)C(C)C)Oc1ccccc1. The number of hydrogen-bond donors (Lipinski definition) is 1. The molecule has 2 fully saturated rings. The smallest absolute Gasteiger partial charge is 0.459 e. The summed E-state index contributed by atoms with van der Waals surface area (Å²) in [5.41, 5.74) is -1.48. The zero-order valence-electron chi connectivity index (χ0n) is 31.9. The highest BCUT2D eigenvalue weighted by Crippen LogP contribution is 2.50.